The first-order valence-electron chi connectivity index (χ1n) is 9.22. The minimum Gasteiger partial charge on any atom is -0.507 e. The van der Waals surface area contributed by atoms with E-state index in [1.165, 1.54) is 24.6 Å². The lowest BCUT2D eigenvalue weighted by Gasteiger charge is -2.49. The van der Waals surface area contributed by atoms with E-state index < -0.39 is 0 Å². The highest BCUT2D eigenvalue weighted by molar-refractivity contribution is 7.99. The number of nitrogens with one attached hydrogen (secondary N) is 1. The maximum atomic E-state index is 12.7. The SMILES string of the molecule is C[C@H]1[C@H](NC(=O)c2ccc(Sc3ccccc3O)cc2)C2CCN1CC2. The van der Waals surface area contributed by atoms with E-state index in [0.717, 1.165) is 22.9 Å². The first-order valence-corrected chi connectivity index (χ1v) is 10.0. The van der Waals surface area contributed by atoms with Gasteiger partial charge in [0.25, 0.3) is 5.91 Å². The Morgan fingerprint density at radius 3 is 2.46 bits per heavy atom. The predicted molar refractivity (Wildman–Crippen MR) is 104 cm³/mol. The number of phenolic OH excluding ortho intramolecular Hbond substituents is 1. The van der Waals surface area contributed by atoms with Crippen molar-refractivity contribution < 1.29 is 9.90 Å². The lowest BCUT2D eigenvalue weighted by molar-refractivity contribution is 0.0217. The van der Waals surface area contributed by atoms with Gasteiger partial charge in [-0.3, -0.25) is 9.69 Å². The summed E-state index contributed by atoms with van der Waals surface area (Å²) < 4.78 is 0. The molecule has 2 N–H and O–H groups in total. The number of rotatable bonds is 4. The highest BCUT2D eigenvalue weighted by atomic mass is 32.2. The fourth-order valence-electron chi connectivity index (χ4n) is 4.12. The summed E-state index contributed by atoms with van der Waals surface area (Å²) in [6, 6.07) is 15.5. The maximum absolute atomic E-state index is 12.7. The topological polar surface area (TPSA) is 52.6 Å². The number of nitrogens with zero attached hydrogens (tertiary/aromatic N) is 1. The van der Waals surface area contributed by atoms with Crippen molar-refractivity contribution in [3.05, 3.63) is 54.1 Å². The van der Waals surface area contributed by atoms with Gasteiger partial charge in [-0.1, -0.05) is 23.9 Å². The Kier molecular flexibility index (Phi) is 4.92. The average Bonchev–Trinajstić information content (AvgIpc) is 2.67. The molecule has 0 saturated carbocycles. The number of benzene rings is 2. The number of para-hydroxylation sites is 1. The molecule has 1 amide bonds. The fraction of sp³-hybridized carbons (Fsp3) is 0.381. The molecule has 5 heteroatoms. The van der Waals surface area contributed by atoms with Crippen LogP contribution in [0.2, 0.25) is 0 Å². The van der Waals surface area contributed by atoms with Gasteiger partial charge in [0.1, 0.15) is 5.75 Å². The predicted octanol–water partition coefficient (Wildman–Crippen LogP) is 3.76. The van der Waals surface area contributed by atoms with Gasteiger partial charge in [0.05, 0.1) is 4.90 Å². The van der Waals surface area contributed by atoms with Gasteiger partial charge in [0.15, 0.2) is 0 Å². The average molecular weight is 369 g/mol. The van der Waals surface area contributed by atoms with Crippen LogP contribution in [-0.2, 0) is 0 Å². The summed E-state index contributed by atoms with van der Waals surface area (Å²) in [5.74, 6) is 0.889. The van der Waals surface area contributed by atoms with Crippen molar-refractivity contribution in [1.82, 2.24) is 10.2 Å². The molecular formula is C21H24N2O2S. The van der Waals surface area contributed by atoms with Crippen LogP contribution in [0.1, 0.15) is 30.1 Å². The number of fused-ring (bicyclic) bond motifs is 3. The molecule has 0 spiro atoms. The zero-order valence-electron chi connectivity index (χ0n) is 14.9. The smallest absolute Gasteiger partial charge is 0.251 e. The van der Waals surface area contributed by atoms with E-state index in [1.807, 2.05) is 42.5 Å². The summed E-state index contributed by atoms with van der Waals surface area (Å²) in [6.45, 7) is 4.55. The Bertz CT molecular complexity index is 783. The van der Waals surface area contributed by atoms with Crippen LogP contribution in [0.15, 0.2) is 58.3 Å². The van der Waals surface area contributed by atoms with Crippen molar-refractivity contribution in [1.29, 1.82) is 0 Å². The zero-order valence-corrected chi connectivity index (χ0v) is 15.7. The second-order valence-electron chi connectivity index (χ2n) is 7.21. The third kappa shape index (κ3) is 3.46. The summed E-state index contributed by atoms with van der Waals surface area (Å²) in [5.41, 5.74) is 0.690. The molecular weight excluding hydrogens is 344 g/mol. The molecule has 3 aliphatic heterocycles. The molecule has 3 fully saturated rings. The second-order valence-corrected chi connectivity index (χ2v) is 8.32. The quantitative estimate of drug-likeness (QED) is 0.863. The van der Waals surface area contributed by atoms with Crippen LogP contribution in [0.5, 0.6) is 5.75 Å². The molecule has 4 nitrogen and oxygen atoms in total. The molecule has 2 aromatic carbocycles. The van der Waals surface area contributed by atoms with Crippen LogP contribution in [0.25, 0.3) is 0 Å². The van der Waals surface area contributed by atoms with E-state index in [9.17, 15) is 9.90 Å². The first kappa shape index (κ1) is 17.4. The Hall–Kier alpha value is -1.98. The molecule has 26 heavy (non-hydrogen) atoms. The normalized spacial score (nSPS) is 27.3. The molecule has 0 aliphatic carbocycles. The molecule has 3 aliphatic rings. The number of aromatic hydroxyl groups is 1. The Morgan fingerprint density at radius 1 is 1.12 bits per heavy atom. The van der Waals surface area contributed by atoms with Crippen LogP contribution < -0.4 is 5.32 Å². The maximum Gasteiger partial charge on any atom is 0.251 e. The molecule has 2 atom stereocenters. The molecule has 2 aromatic rings. The van der Waals surface area contributed by atoms with Gasteiger partial charge in [-0.25, -0.2) is 0 Å². The number of hydrogen-bond acceptors (Lipinski definition) is 4. The summed E-state index contributed by atoms with van der Waals surface area (Å²) in [6.07, 6.45) is 2.37. The minimum atomic E-state index is 0.00899. The van der Waals surface area contributed by atoms with E-state index in [2.05, 4.69) is 17.1 Å². The zero-order chi connectivity index (χ0) is 18.1. The van der Waals surface area contributed by atoms with E-state index >= 15 is 0 Å². The largest absolute Gasteiger partial charge is 0.507 e. The van der Waals surface area contributed by atoms with Crippen LogP contribution >= 0.6 is 11.8 Å². The highest BCUT2D eigenvalue weighted by Gasteiger charge is 2.40. The fourth-order valence-corrected chi connectivity index (χ4v) is 4.97. The molecule has 3 saturated heterocycles. The van der Waals surface area contributed by atoms with Crippen molar-refractivity contribution in [2.75, 3.05) is 13.1 Å². The summed E-state index contributed by atoms with van der Waals surface area (Å²) in [7, 11) is 0. The van der Waals surface area contributed by atoms with Gasteiger partial charge in [0, 0.05) is 22.5 Å². The van der Waals surface area contributed by atoms with Crippen molar-refractivity contribution >= 4 is 17.7 Å². The Balaban J connectivity index is 1.42. The minimum absolute atomic E-state index is 0.00899. The van der Waals surface area contributed by atoms with Gasteiger partial charge in [-0.15, -0.1) is 0 Å². The van der Waals surface area contributed by atoms with Crippen LogP contribution in [0.3, 0.4) is 0 Å². The van der Waals surface area contributed by atoms with Crippen LogP contribution in [0, 0.1) is 5.92 Å². The van der Waals surface area contributed by atoms with Gasteiger partial charge in [0.2, 0.25) is 0 Å². The van der Waals surface area contributed by atoms with E-state index in [0.29, 0.717) is 17.5 Å². The van der Waals surface area contributed by atoms with Crippen LogP contribution in [0.4, 0.5) is 0 Å². The van der Waals surface area contributed by atoms with Gasteiger partial charge < -0.3 is 10.4 Å². The molecule has 0 unspecified atom stereocenters. The molecule has 136 valence electrons. The van der Waals surface area contributed by atoms with Gasteiger partial charge in [-0.05, 0) is 75.2 Å². The monoisotopic (exact) mass is 368 g/mol. The van der Waals surface area contributed by atoms with Crippen molar-refractivity contribution in [3.8, 4) is 5.75 Å². The molecule has 0 aromatic heterocycles. The van der Waals surface area contributed by atoms with Crippen molar-refractivity contribution in [2.24, 2.45) is 5.92 Å². The van der Waals surface area contributed by atoms with Crippen molar-refractivity contribution in [2.45, 2.75) is 41.6 Å². The number of carbonyl (C=O) groups is 1. The van der Waals surface area contributed by atoms with E-state index in [-0.39, 0.29) is 17.7 Å². The number of phenols is 1. The number of amides is 1. The summed E-state index contributed by atoms with van der Waals surface area (Å²) in [4.78, 5) is 17.0. The first-order chi connectivity index (χ1) is 12.6. The number of piperidine rings is 3. The van der Waals surface area contributed by atoms with Crippen molar-refractivity contribution in [3.63, 3.8) is 0 Å². The lowest BCUT2D eigenvalue weighted by Crippen LogP contribution is -2.62. The second kappa shape index (κ2) is 7.33. The van der Waals surface area contributed by atoms with Gasteiger partial charge >= 0.3 is 0 Å². The summed E-state index contributed by atoms with van der Waals surface area (Å²) in [5, 5.41) is 13.2. The van der Waals surface area contributed by atoms with E-state index in [4.69, 9.17) is 0 Å². The molecule has 3 heterocycles. The third-order valence-corrected chi connectivity index (χ3v) is 6.76. The van der Waals surface area contributed by atoms with E-state index in [1.54, 1.807) is 6.07 Å². The standard InChI is InChI=1S/C21H24N2O2S/c1-14-20(15-10-12-23(14)13-11-15)22-21(25)16-6-8-17(9-7-16)26-19-5-3-2-4-18(19)24/h2-9,14-15,20,24H,10-13H2,1H3,(H,22,25)/t14-,20-/m0/s1. The van der Waals surface area contributed by atoms with Crippen LogP contribution in [-0.4, -0.2) is 41.1 Å². The summed E-state index contributed by atoms with van der Waals surface area (Å²) >= 11 is 1.49. The molecule has 2 bridgehead atoms. The lowest BCUT2D eigenvalue weighted by atomic mass is 9.79. The number of carbonyl (C=O) groups excluding carboxylic acids is 1. The molecule has 0 radical (unpaired) electrons. The van der Waals surface area contributed by atoms with Gasteiger partial charge in [-0.2, -0.15) is 0 Å². The third-order valence-electron chi connectivity index (χ3n) is 5.69. The Labute approximate surface area is 158 Å². The Morgan fingerprint density at radius 2 is 1.81 bits per heavy atom. The molecule has 5 rings (SSSR count). The number of hydrogen-bond donors (Lipinski definition) is 2. The highest BCUT2D eigenvalue weighted by Crippen LogP contribution is 2.34.